The Bertz CT molecular complexity index is 484. The SMILES string of the molecule is O=C(O)c1ccc(NC(=O)C2CC3CC3C2)cc1. The number of carbonyl (C=O) groups is 2. The number of anilines is 1. The Morgan fingerprint density at radius 3 is 2.22 bits per heavy atom. The average Bonchev–Trinajstić information content (AvgIpc) is 2.96. The molecule has 0 aliphatic heterocycles. The highest BCUT2D eigenvalue weighted by Crippen LogP contribution is 2.54. The van der Waals surface area contributed by atoms with Gasteiger partial charge in [-0.2, -0.15) is 0 Å². The van der Waals surface area contributed by atoms with Crippen LogP contribution in [-0.4, -0.2) is 17.0 Å². The van der Waals surface area contributed by atoms with Gasteiger partial charge in [0.25, 0.3) is 0 Å². The number of carboxylic acid groups (broad SMARTS) is 1. The van der Waals surface area contributed by atoms with Gasteiger partial charge in [-0.05, 0) is 55.4 Å². The van der Waals surface area contributed by atoms with Crippen LogP contribution in [0.1, 0.15) is 29.6 Å². The lowest BCUT2D eigenvalue weighted by Gasteiger charge is -2.12. The molecule has 3 rings (SSSR count). The van der Waals surface area contributed by atoms with Crippen molar-refractivity contribution in [1.29, 1.82) is 0 Å². The smallest absolute Gasteiger partial charge is 0.335 e. The maximum absolute atomic E-state index is 12.0. The summed E-state index contributed by atoms with van der Waals surface area (Å²) >= 11 is 0. The molecule has 1 amide bonds. The van der Waals surface area contributed by atoms with Gasteiger partial charge in [-0.1, -0.05) is 0 Å². The van der Waals surface area contributed by atoms with Crippen molar-refractivity contribution in [3.63, 3.8) is 0 Å². The van der Waals surface area contributed by atoms with Crippen LogP contribution in [0.5, 0.6) is 0 Å². The highest BCUT2D eigenvalue weighted by Gasteiger charge is 2.47. The third-order valence-electron chi connectivity index (χ3n) is 4.01. The van der Waals surface area contributed by atoms with Crippen molar-refractivity contribution >= 4 is 17.6 Å². The van der Waals surface area contributed by atoms with Crippen LogP contribution in [0.3, 0.4) is 0 Å². The van der Waals surface area contributed by atoms with E-state index in [1.807, 2.05) is 0 Å². The van der Waals surface area contributed by atoms with Gasteiger partial charge < -0.3 is 10.4 Å². The van der Waals surface area contributed by atoms with Crippen LogP contribution < -0.4 is 5.32 Å². The van der Waals surface area contributed by atoms with Crippen molar-refractivity contribution in [3.05, 3.63) is 29.8 Å². The molecule has 2 aliphatic rings. The van der Waals surface area contributed by atoms with Gasteiger partial charge in [0.15, 0.2) is 0 Å². The minimum atomic E-state index is -0.955. The van der Waals surface area contributed by atoms with Crippen molar-refractivity contribution < 1.29 is 14.7 Å². The first-order chi connectivity index (χ1) is 8.63. The molecular formula is C14H15NO3. The second-order valence-corrected chi connectivity index (χ2v) is 5.30. The molecule has 0 heterocycles. The zero-order chi connectivity index (χ0) is 12.7. The molecule has 4 nitrogen and oxygen atoms in total. The van der Waals surface area contributed by atoms with E-state index in [1.165, 1.54) is 18.6 Å². The normalized spacial score (nSPS) is 28.6. The Morgan fingerprint density at radius 2 is 1.67 bits per heavy atom. The van der Waals surface area contributed by atoms with Gasteiger partial charge in [0.05, 0.1) is 5.56 Å². The third-order valence-corrected chi connectivity index (χ3v) is 4.01. The molecule has 18 heavy (non-hydrogen) atoms. The van der Waals surface area contributed by atoms with E-state index in [-0.39, 0.29) is 17.4 Å². The lowest BCUT2D eigenvalue weighted by atomic mass is 10.0. The molecule has 0 bridgehead atoms. The summed E-state index contributed by atoms with van der Waals surface area (Å²) in [5.41, 5.74) is 0.903. The number of rotatable bonds is 3. The van der Waals surface area contributed by atoms with Crippen molar-refractivity contribution in [2.24, 2.45) is 17.8 Å². The number of hydrogen-bond acceptors (Lipinski definition) is 2. The molecule has 0 saturated heterocycles. The quantitative estimate of drug-likeness (QED) is 0.859. The van der Waals surface area contributed by atoms with Gasteiger partial charge >= 0.3 is 5.97 Å². The number of hydrogen-bond donors (Lipinski definition) is 2. The fourth-order valence-corrected chi connectivity index (χ4v) is 2.87. The monoisotopic (exact) mass is 245 g/mol. The van der Waals surface area contributed by atoms with Crippen molar-refractivity contribution in [2.75, 3.05) is 5.32 Å². The standard InChI is InChI=1S/C14H15NO3/c16-13(11-6-9-5-10(9)7-11)15-12-3-1-8(2-4-12)14(17)18/h1-4,9-11H,5-7H2,(H,15,16)(H,17,18). The molecule has 0 aromatic heterocycles. The van der Waals surface area contributed by atoms with Gasteiger partial charge in [-0.3, -0.25) is 4.79 Å². The molecular weight excluding hydrogens is 230 g/mol. The van der Waals surface area contributed by atoms with Crippen LogP contribution in [0.2, 0.25) is 0 Å². The van der Waals surface area contributed by atoms with E-state index in [0.717, 1.165) is 24.7 Å². The summed E-state index contributed by atoms with van der Waals surface area (Å²) in [6, 6.07) is 6.28. The van der Waals surface area contributed by atoms with Crippen molar-refractivity contribution in [1.82, 2.24) is 0 Å². The maximum Gasteiger partial charge on any atom is 0.335 e. The van der Waals surface area contributed by atoms with Crippen molar-refractivity contribution in [3.8, 4) is 0 Å². The molecule has 0 spiro atoms. The minimum absolute atomic E-state index is 0.0743. The second kappa shape index (κ2) is 4.12. The Kier molecular flexibility index (Phi) is 2.58. The predicted molar refractivity (Wildman–Crippen MR) is 66.4 cm³/mol. The summed E-state index contributed by atoms with van der Waals surface area (Å²) < 4.78 is 0. The Labute approximate surface area is 105 Å². The summed E-state index contributed by atoms with van der Waals surface area (Å²) in [6.45, 7) is 0. The Hall–Kier alpha value is -1.84. The average molecular weight is 245 g/mol. The van der Waals surface area contributed by atoms with Crippen LogP contribution >= 0.6 is 0 Å². The first-order valence-electron chi connectivity index (χ1n) is 6.27. The molecule has 2 unspecified atom stereocenters. The van der Waals surface area contributed by atoms with Gasteiger partial charge in [0.2, 0.25) is 5.91 Å². The van der Waals surface area contributed by atoms with E-state index in [9.17, 15) is 9.59 Å². The Morgan fingerprint density at radius 1 is 1.06 bits per heavy atom. The summed E-state index contributed by atoms with van der Waals surface area (Å²) in [7, 11) is 0. The van der Waals surface area contributed by atoms with Crippen LogP contribution in [-0.2, 0) is 4.79 Å². The molecule has 2 atom stereocenters. The van der Waals surface area contributed by atoms with E-state index in [0.29, 0.717) is 5.69 Å². The molecule has 0 radical (unpaired) electrons. The fourth-order valence-electron chi connectivity index (χ4n) is 2.87. The van der Waals surface area contributed by atoms with Gasteiger partial charge in [0.1, 0.15) is 0 Å². The third kappa shape index (κ3) is 2.10. The summed E-state index contributed by atoms with van der Waals surface area (Å²) in [4.78, 5) is 22.7. The van der Waals surface area contributed by atoms with E-state index >= 15 is 0 Å². The summed E-state index contributed by atoms with van der Waals surface area (Å²) in [5.74, 6) is 0.840. The lowest BCUT2D eigenvalue weighted by Crippen LogP contribution is -2.21. The predicted octanol–water partition coefficient (Wildman–Crippen LogP) is 2.37. The zero-order valence-corrected chi connectivity index (χ0v) is 9.93. The lowest BCUT2D eigenvalue weighted by molar-refractivity contribution is -0.120. The molecule has 1 aromatic rings. The fraction of sp³-hybridized carbons (Fsp3) is 0.429. The number of nitrogens with one attached hydrogen (secondary N) is 1. The second-order valence-electron chi connectivity index (χ2n) is 5.30. The number of aromatic carboxylic acids is 1. The molecule has 2 aliphatic carbocycles. The Balaban J connectivity index is 1.61. The van der Waals surface area contributed by atoms with Gasteiger partial charge in [-0.15, -0.1) is 0 Å². The number of carboxylic acids is 1. The maximum atomic E-state index is 12.0. The first-order valence-corrected chi connectivity index (χ1v) is 6.27. The number of benzene rings is 1. The van der Waals surface area contributed by atoms with Gasteiger partial charge in [-0.25, -0.2) is 4.79 Å². The van der Waals surface area contributed by atoms with E-state index < -0.39 is 5.97 Å². The van der Waals surface area contributed by atoms with Crippen LogP contribution in [0.15, 0.2) is 24.3 Å². The largest absolute Gasteiger partial charge is 0.478 e. The van der Waals surface area contributed by atoms with Crippen LogP contribution in [0.25, 0.3) is 0 Å². The summed E-state index contributed by atoms with van der Waals surface area (Å²) in [5, 5.41) is 11.6. The van der Waals surface area contributed by atoms with E-state index in [1.54, 1.807) is 12.1 Å². The number of carbonyl (C=O) groups excluding carboxylic acids is 1. The molecule has 2 N–H and O–H groups in total. The molecule has 94 valence electrons. The molecule has 2 saturated carbocycles. The molecule has 1 aromatic carbocycles. The summed E-state index contributed by atoms with van der Waals surface area (Å²) in [6.07, 6.45) is 3.34. The highest BCUT2D eigenvalue weighted by molar-refractivity contribution is 5.94. The topological polar surface area (TPSA) is 66.4 Å². The minimum Gasteiger partial charge on any atom is -0.478 e. The number of amides is 1. The highest BCUT2D eigenvalue weighted by atomic mass is 16.4. The zero-order valence-electron chi connectivity index (χ0n) is 9.93. The van der Waals surface area contributed by atoms with E-state index in [4.69, 9.17) is 5.11 Å². The van der Waals surface area contributed by atoms with Crippen LogP contribution in [0.4, 0.5) is 5.69 Å². The van der Waals surface area contributed by atoms with Crippen LogP contribution in [0, 0.1) is 17.8 Å². The van der Waals surface area contributed by atoms with Crippen molar-refractivity contribution in [2.45, 2.75) is 19.3 Å². The number of fused-ring (bicyclic) bond motifs is 1. The van der Waals surface area contributed by atoms with Gasteiger partial charge in [0, 0.05) is 11.6 Å². The first kappa shape index (κ1) is 11.3. The molecule has 2 fully saturated rings. The van der Waals surface area contributed by atoms with E-state index in [2.05, 4.69) is 5.32 Å². The molecule has 4 heteroatoms.